The summed E-state index contributed by atoms with van der Waals surface area (Å²) in [5.41, 5.74) is 2.45. The molecule has 0 amide bonds. The first kappa shape index (κ1) is 9.84. The van der Waals surface area contributed by atoms with Gasteiger partial charge in [-0.3, -0.25) is 9.19 Å². The lowest BCUT2D eigenvalue weighted by atomic mass is 9.94. The van der Waals surface area contributed by atoms with Crippen LogP contribution in [0.2, 0.25) is 0 Å². The van der Waals surface area contributed by atoms with Gasteiger partial charge in [0.15, 0.2) is 0 Å². The number of pyridine rings is 1. The second-order valence-electron chi connectivity index (χ2n) is 3.85. The monoisotopic (exact) mass is 209 g/mol. The Morgan fingerprint density at radius 2 is 2.14 bits per heavy atom. The topological polar surface area (TPSA) is 30.0 Å². The predicted molar refractivity (Wildman–Crippen MR) is 58.8 cm³/mol. The van der Waals surface area contributed by atoms with Crippen molar-refractivity contribution in [2.75, 3.05) is 11.5 Å². The average Bonchev–Trinajstić information content (AvgIpc) is 2.19. The van der Waals surface area contributed by atoms with Gasteiger partial charge < -0.3 is 0 Å². The first-order chi connectivity index (χ1) is 6.75. The van der Waals surface area contributed by atoms with Crippen LogP contribution in [0.1, 0.15) is 30.0 Å². The highest BCUT2D eigenvalue weighted by molar-refractivity contribution is 7.85. The standard InChI is InChI=1S/C11H15NOS/c1-9-8-11(2-5-12-9)10-3-6-14(13)7-4-10/h2,5,8,10H,3-4,6-7H2,1H3. The van der Waals surface area contributed by atoms with Crippen molar-refractivity contribution in [1.82, 2.24) is 4.98 Å². The summed E-state index contributed by atoms with van der Waals surface area (Å²) in [4.78, 5) is 4.19. The SMILES string of the molecule is Cc1cc(C2CCS(=O)CC2)ccn1. The summed E-state index contributed by atoms with van der Waals surface area (Å²) in [5, 5.41) is 0. The molecule has 3 heteroatoms. The lowest BCUT2D eigenvalue weighted by molar-refractivity contribution is 0.604. The minimum Gasteiger partial charge on any atom is -0.262 e. The number of aromatic nitrogens is 1. The van der Waals surface area contributed by atoms with E-state index in [9.17, 15) is 4.21 Å². The number of rotatable bonds is 1. The molecule has 1 aliphatic rings. The van der Waals surface area contributed by atoms with Gasteiger partial charge in [-0.25, -0.2) is 0 Å². The molecule has 0 radical (unpaired) electrons. The van der Waals surface area contributed by atoms with Gasteiger partial charge >= 0.3 is 0 Å². The van der Waals surface area contributed by atoms with Crippen molar-refractivity contribution in [2.45, 2.75) is 25.7 Å². The van der Waals surface area contributed by atoms with Crippen LogP contribution < -0.4 is 0 Å². The molecule has 0 bridgehead atoms. The van der Waals surface area contributed by atoms with Gasteiger partial charge in [0.05, 0.1) is 0 Å². The molecule has 0 saturated carbocycles. The van der Waals surface area contributed by atoms with Crippen LogP contribution in [-0.4, -0.2) is 20.7 Å². The fourth-order valence-corrected chi connectivity index (χ4v) is 3.25. The van der Waals surface area contributed by atoms with Crippen LogP contribution in [0.5, 0.6) is 0 Å². The summed E-state index contributed by atoms with van der Waals surface area (Å²) in [6, 6.07) is 4.24. The minimum atomic E-state index is -0.556. The Morgan fingerprint density at radius 3 is 2.79 bits per heavy atom. The van der Waals surface area contributed by atoms with E-state index in [1.807, 2.05) is 13.1 Å². The highest BCUT2D eigenvalue weighted by Crippen LogP contribution is 2.27. The molecule has 0 unspecified atom stereocenters. The molecule has 0 aliphatic carbocycles. The molecular formula is C11H15NOS. The summed E-state index contributed by atoms with van der Waals surface area (Å²) < 4.78 is 11.2. The van der Waals surface area contributed by atoms with E-state index in [0.29, 0.717) is 5.92 Å². The molecule has 1 aliphatic heterocycles. The molecule has 1 aromatic heterocycles. The predicted octanol–water partition coefficient (Wildman–Crippen LogP) is 2.02. The van der Waals surface area contributed by atoms with Gasteiger partial charge in [-0.05, 0) is 43.4 Å². The van der Waals surface area contributed by atoms with Crippen molar-refractivity contribution >= 4 is 10.8 Å². The van der Waals surface area contributed by atoms with E-state index in [0.717, 1.165) is 30.0 Å². The van der Waals surface area contributed by atoms with Crippen LogP contribution >= 0.6 is 0 Å². The Balaban J connectivity index is 2.12. The fraction of sp³-hybridized carbons (Fsp3) is 0.545. The van der Waals surface area contributed by atoms with Crippen LogP contribution in [0.4, 0.5) is 0 Å². The average molecular weight is 209 g/mol. The third-order valence-corrected chi connectivity index (χ3v) is 4.16. The number of hydrogen-bond acceptors (Lipinski definition) is 2. The van der Waals surface area contributed by atoms with E-state index in [-0.39, 0.29) is 0 Å². The maximum absolute atomic E-state index is 11.2. The molecule has 2 nitrogen and oxygen atoms in total. The van der Waals surface area contributed by atoms with Crippen LogP contribution in [0.15, 0.2) is 18.3 Å². The first-order valence-electron chi connectivity index (χ1n) is 5.03. The molecule has 1 aromatic rings. The van der Waals surface area contributed by atoms with Gasteiger partial charge in [-0.2, -0.15) is 0 Å². The summed E-state index contributed by atoms with van der Waals surface area (Å²) >= 11 is 0. The van der Waals surface area contributed by atoms with Crippen LogP contribution in [-0.2, 0) is 10.8 Å². The minimum absolute atomic E-state index is 0.556. The van der Waals surface area contributed by atoms with Gasteiger partial charge in [-0.1, -0.05) is 0 Å². The Morgan fingerprint density at radius 1 is 1.43 bits per heavy atom. The van der Waals surface area contributed by atoms with Gasteiger partial charge in [0.1, 0.15) is 0 Å². The van der Waals surface area contributed by atoms with Crippen molar-refractivity contribution in [3.8, 4) is 0 Å². The van der Waals surface area contributed by atoms with Gasteiger partial charge in [0, 0.05) is 34.2 Å². The van der Waals surface area contributed by atoms with Crippen molar-refractivity contribution < 1.29 is 4.21 Å². The smallest absolute Gasteiger partial charge is 0.0375 e. The summed E-state index contributed by atoms with van der Waals surface area (Å²) in [5.74, 6) is 2.34. The molecule has 14 heavy (non-hydrogen) atoms. The zero-order valence-electron chi connectivity index (χ0n) is 8.40. The third-order valence-electron chi connectivity index (χ3n) is 2.78. The van der Waals surface area contributed by atoms with E-state index in [4.69, 9.17) is 0 Å². The van der Waals surface area contributed by atoms with Crippen molar-refractivity contribution in [3.05, 3.63) is 29.6 Å². The Labute approximate surface area is 87.2 Å². The lowest BCUT2D eigenvalue weighted by Crippen LogP contribution is -2.17. The molecule has 76 valence electrons. The van der Waals surface area contributed by atoms with Crippen molar-refractivity contribution in [3.63, 3.8) is 0 Å². The fourth-order valence-electron chi connectivity index (χ4n) is 1.95. The van der Waals surface area contributed by atoms with Crippen molar-refractivity contribution in [1.29, 1.82) is 0 Å². The number of nitrogens with zero attached hydrogens (tertiary/aromatic N) is 1. The molecule has 1 fully saturated rings. The highest BCUT2D eigenvalue weighted by Gasteiger charge is 2.19. The largest absolute Gasteiger partial charge is 0.262 e. The Hall–Kier alpha value is -0.700. The molecule has 1 saturated heterocycles. The summed E-state index contributed by atoms with van der Waals surface area (Å²) in [6.45, 7) is 2.02. The molecule has 0 N–H and O–H groups in total. The van der Waals surface area contributed by atoms with E-state index in [1.54, 1.807) is 0 Å². The molecule has 0 spiro atoms. The van der Waals surface area contributed by atoms with E-state index < -0.39 is 10.8 Å². The number of hydrogen-bond donors (Lipinski definition) is 0. The van der Waals surface area contributed by atoms with Gasteiger partial charge in [0.2, 0.25) is 0 Å². The third kappa shape index (κ3) is 2.21. The molecule has 2 rings (SSSR count). The van der Waals surface area contributed by atoms with Crippen LogP contribution in [0, 0.1) is 6.92 Å². The zero-order chi connectivity index (χ0) is 9.97. The van der Waals surface area contributed by atoms with E-state index >= 15 is 0 Å². The maximum Gasteiger partial charge on any atom is 0.0375 e. The normalized spacial score (nSPS) is 27.5. The van der Waals surface area contributed by atoms with Crippen molar-refractivity contribution in [2.24, 2.45) is 0 Å². The lowest BCUT2D eigenvalue weighted by Gasteiger charge is -2.21. The van der Waals surface area contributed by atoms with E-state index in [1.165, 1.54) is 5.56 Å². The summed E-state index contributed by atoms with van der Waals surface area (Å²) in [6.07, 6.45) is 4.00. The van der Waals surface area contributed by atoms with Crippen LogP contribution in [0.3, 0.4) is 0 Å². The Kier molecular flexibility index (Phi) is 2.96. The zero-order valence-corrected chi connectivity index (χ0v) is 9.22. The molecular weight excluding hydrogens is 194 g/mol. The quantitative estimate of drug-likeness (QED) is 0.708. The Bertz CT molecular complexity index is 341. The first-order valence-corrected chi connectivity index (χ1v) is 6.52. The second kappa shape index (κ2) is 4.22. The summed E-state index contributed by atoms with van der Waals surface area (Å²) in [7, 11) is -0.556. The number of aryl methyl sites for hydroxylation is 1. The molecule has 0 aromatic carbocycles. The maximum atomic E-state index is 11.2. The molecule has 0 atom stereocenters. The van der Waals surface area contributed by atoms with E-state index in [2.05, 4.69) is 17.1 Å². The van der Waals surface area contributed by atoms with Crippen LogP contribution in [0.25, 0.3) is 0 Å². The molecule has 2 heterocycles. The van der Waals surface area contributed by atoms with Gasteiger partial charge in [-0.15, -0.1) is 0 Å². The van der Waals surface area contributed by atoms with Gasteiger partial charge in [0.25, 0.3) is 0 Å². The highest BCUT2D eigenvalue weighted by atomic mass is 32.2. The second-order valence-corrected chi connectivity index (χ2v) is 5.55.